The fourth-order valence-electron chi connectivity index (χ4n) is 7.90. The molecule has 3 heteroatoms. The van der Waals surface area contributed by atoms with Crippen LogP contribution in [0, 0.1) is 0 Å². The van der Waals surface area contributed by atoms with Crippen LogP contribution >= 0.6 is 0 Å². The first-order valence-electron chi connectivity index (χ1n) is 15.9. The third-order valence-corrected chi connectivity index (χ3v) is 9.85. The van der Waals surface area contributed by atoms with Gasteiger partial charge < -0.3 is 13.3 Å². The molecule has 0 saturated carbocycles. The summed E-state index contributed by atoms with van der Waals surface area (Å²) in [7, 11) is 0. The SMILES string of the molecule is c1ccc2c(c1)oc1ccc(-c3c4ccccc4c(-c4cc5oc6ccccc6c5c5c4oc4ccccc45)c4ccccc34)cc12. The minimum atomic E-state index is 0.856. The maximum absolute atomic E-state index is 6.81. The van der Waals surface area contributed by atoms with Gasteiger partial charge in [-0.25, -0.2) is 0 Å². The van der Waals surface area contributed by atoms with Crippen LogP contribution in [-0.4, -0.2) is 0 Å². The van der Waals surface area contributed by atoms with E-state index in [-0.39, 0.29) is 0 Å². The summed E-state index contributed by atoms with van der Waals surface area (Å²) in [5.74, 6) is 0. The zero-order valence-electron chi connectivity index (χ0n) is 25.1. The van der Waals surface area contributed by atoms with Crippen LogP contribution < -0.4 is 0 Å². The standard InChI is InChI=1S/C44H24O3/c1-3-14-29-27(12-1)40(25-21-22-38-33(23-25)26-11-5-8-18-35(26)45-38)28-13-2-4-15-30(28)41(29)34-24-39-42(31-16-6-9-19-36(31)46-39)43-32-17-7-10-20-37(32)47-44(34)43/h1-24H. The number of hydrogen-bond donors (Lipinski definition) is 0. The third-order valence-electron chi connectivity index (χ3n) is 9.85. The Morgan fingerprint density at radius 1 is 0.298 bits per heavy atom. The molecule has 0 spiro atoms. The first-order chi connectivity index (χ1) is 23.3. The molecule has 3 heterocycles. The molecule has 11 aromatic rings. The molecule has 0 aliphatic carbocycles. The van der Waals surface area contributed by atoms with Crippen LogP contribution in [0.1, 0.15) is 0 Å². The van der Waals surface area contributed by atoms with Crippen molar-refractivity contribution in [2.45, 2.75) is 0 Å². The molecule has 0 aliphatic rings. The van der Waals surface area contributed by atoms with E-state index >= 15 is 0 Å². The van der Waals surface area contributed by atoms with Gasteiger partial charge in [0.2, 0.25) is 0 Å². The first-order valence-corrected chi connectivity index (χ1v) is 15.9. The molecule has 8 aromatic carbocycles. The highest BCUT2D eigenvalue weighted by atomic mass is 16.3. The maximum Gasteiger partial charge on any atom is 0.144 e. The normalized spacial score (nSPS) is 12.3. The smallest absolute Gasteiger partial charge is 0.144 e. The fraction of sp³-hybridized carbons (Fsp3) is 0. The molecule has 0 N–H and O–H groups in total. The van der Waals surface area contributed by atoms with Crippen LogP contribution in [0.15, 0.2) is 159 Å². The second-order valence-corrected chi connectivity index (χ2v) is 12.3. The van der Waals surface area contributed by atoms with E-state index in [2.05, 4.69) is 115 Å². The molecule has 11 rings (SSSR count). The Labute approximate surface area is 267 Å². The highest BCUT2D eigenvalue weighted by Gasteiger charge is 2.24. The number of hydrogen-bond acceptors (Lipinski definition) is 3. The van der Waals surface area contributed by atoms with Crippen molar-refractivity contribution in [2.75, 3.05) is 0 Å². The molecule has 0 fully saturated rings. The molecule has 0 radical (unpaired) electrons. The quantitative estimate of drug-likeness (QED) is 0.185. The molecule has 0 saturated heterocycles. The predicted molar refractivity (Wildman–Crippen MR) is 194 cm³/mol. The van der Waals surface area contributed by atoms with Crippen LogP contribution in [-0.2, 0) is 0 Å². The molecule has 218 valence electrons. The number of benzene rings is 8. The van der Waals surface area contributed by atoms with Gasteiger partial charge in [0.1, 0.15) is 33.5 Å². The van der Waals surface area contributed by atoms with E-state index in [1.54, 1.807) is 0 Å². The number of furan rings is 3. The maximum atomic E-state index is 6.81. The molecule has 0 atom stereocenters. The van der Waals surface area contributed by atoms with E-state index in [1.807, 2.05) is 30.3 Å². The summed E-state index contributed by atoms with van der Waals surface area (Å²) < 4.78 is 19.6. The molecule has 0 unspecified atom stereocenters. The van der Waals surface area contributed by atoms with E-state index in [4.69, 9.17) is 13.3 Å². The number of rotatable bonds is 2. The minimum absolute atomic E-state index is 0.856. The molecule has 0 aliphatic heterocycles. The topological polar surface area (TPSA) is 39.4 Å². The number of para-hydroxylation sites is 3. The van der Waals surface area contributed by atoms with Crippen LogP contribution in [0.25, 0.3) is 110 Å². The van der Waals surface area contributed by atoms with Gasteiger partial charge in [0.05, 0.1) is 0 Å². The van der Waals surface area contributed by atoms with Crippen molar-refractivity contribution in [1.29, 1.82) is 0 Å². The fourth-order valence-corrected chi connectivity index (χ4v) is 7.90. The van der Waals surface area contributed by atoms with Gasteiger partial charge in [0, 0.05) is 43.4 Å². The zero-order chi connectivity index (χ0) is 30.6. The van der Waals surface area contributed by atoms with E-state index in [0.29, 0.717) is 0 Å². The Bertz CT molecular complexity index is 3020. The molecular formula is C44H24O3. The van der Waals surface area contributed by atoms with E-state index in [9.17, 15) is 0 Å². The summed E-state index contributed by atoms with van der Waals surface area (Å²) in [5.41, 5.74) is 9.80. The largest absolute Gasteiger partial charge is 0.456 e. The van der Waals surface area contributed by atoms with Crippen molar-refractivity contribution >= 4 is 87.4 Å². The van der Waals surface area contributed by atoms with E-state index < -0.39 is 0 Å². The summed E-state index contributed by atoms with van der Waals surface area (Å²) in [4.78, 5) is 0. The summed E-state index contributed by atoms with van der Waals surface area (Å²) in [5, 5.41) is 11.3. The van der Waals surface area contributed by atoms with Crippen molar-refractivity contribution < 1.29 is 13.3 Å². The lowest BCUT2D eigenvalue weighted by atomic mass is 9.85. The number of fused-ring (bicyclic) bond motifs is 12. The second kappa shape index (κ2) is 9.12. The average Bonchev–Trinajstić information content (AvgIpc) is 3.81. The Kier molecular flexibility index (Phi) is 4.84. The van der Waals surface area contributed by atoms with Gasteiger partial charge in [0.25, 0.3) is 0 Å². The Morgan fingerprint density at radius 2 is 0.766 bits per heavy atom. The van der Waals surface area contributed by atoms with E-state index in [1.165, 1.54) is 16.3 Å². The van der Waals surface area contributed by atoms with Crippen molar-refractivity contribution in [3.8, 4) is 22.3 Å². The molecule has 3 nitrogen and oxygen atoms in total. The van der Waals surface area contributed by atoms with Crippen LogP contribution in [0.2, 0.25) is 0 Å². The van der Waals surface area contributed by atoms with Crippen LogP contribution in [0.3, 0.4) is 0 Å². The van der Waals surface area contributed by atoms with Gasteiger partial charge in [-0.1, -0.05) is 109 Å². The Morgan fingerprint density at radius 3 is 1.43 bits per heavy atom. The van der Waals surface area contributed by atoms with E-state index in [0.717, 1.165) is 93.3 Å². The minimum Gasteiger partial charge on any atom is -0.456 e. The summed E-state index contributed by atoms with van der Waals surface area (Å²) >= 11 is 0. The highest BCUT2D eigenvalue weighted by molar-refractivity contribution is 6.31. The van der Waals surface area contributed by atoms with Crippen molar-refractivity contribution in [3.63, 3.8) is 0 Å². The summed E-state index contributed by atoms with van der Waals surface area (Å²) in [6.45, 7) is 0. The lowest BCUT2D eigenvalue weighted by Gasteiger charge is -2.18. The average molecular weight is 601 g/mol. The summed E-state index contributed by atoms with van der Waals surface area (Å²) in [6, 6.07) is 51.1. The van der Waals surface area contributed by atoms with Crippen molar-refractivity contribution in [2.24, 2.45) is 0 Å². The zero-order valence-corrected chi connectivity index (χ0v) is 25.1. The second-order valence-electron chi connectivity index (χ2n) is 12.3. The highest BCUT2D eigenvalue weighted by Crippen LogP contribution is 2.50. The van der Waals surface area contributed by atoms with Crippen molar-refractivity contribution in [1.82, 2.24) is 0 Å². The molecule has 47 heavy (non-hydrogen) atoms. The monoisotopic (exact) mass is 600 g/mol. The lowest BCUT2D eigenvalue weighted by molar-refractivity contribution is 0.664. The predicted octanol–water partition coefficient (Wildman–Crippen LogP) is 13.0. The van der Waals surface area contributed by atoms with Gasteiger partial charge in [-0.2, -0.15) is 0 Å². The molecular weight excluding hydrogens is 576 g/mol. The van der Waals surface area contributed by atoms with Crippen molar-refractivity contribution in [3.05, 3.63) is 146 Å². The lowest BCUT2D eigenvalue weighted by Crippen LogP contribution is -1.91. The van der Waals surface area contributed by atoms with Gasteiger partial charge in [-0.3, -0.25) is 0 Å². The first kappa shape index (κ1) is 24.9. The van der Waals surface area contributed by atoms with Gasteiger partial charge in [0.15, 0.2) is 0 Å². The molecule has 3 aromatic heterocycles. The van der Waals surface area contributed by atoms with Crippen LogP contribution in [0.4, 0.5) is 0 Å². The molecule has 0 amide bonds. The van der Waals surface area contributed by atoms with Crippen LogP contribution in [0.5, 0.6) is 0 Å². The molecule has 0 bridgehead atoms. The summed E-state index contributed by atoms with van der Waals surface area (Å²) in [6.07, 6.45) is 0. The van der Waals surface area contributed by atoms with Gasteiger partial charge >= 0.3 is 0 Å². The van der Waals surface area contributed by atoms with Gasteiger partial charge in [-0.05, 0) is 69.1 Å². The Hall–Kier alpha value is -6.32. The Balaban J connectivity index is 1.30. The third kappa shape index (κ3) is 3.35. The van der Waals surface area contributed by atoms with Gasteiger partial charge in [-0.15, -0.1) is 0 Å².